The van der Waals surface area contributed by atoms with Crippen molar-refractivity contribution in [1.29, 1.82) is 0 Å². The van der Waals surface area contributed by atoms with Gasteiger partial charge >= 0.3 is 6.18 Å². The van der Waals surface area contributed by atoms with Crippen LogP contribution in [-0.2, 0) is 17.4 Å². The lowest BCUT2D eigenvalue weighted by atomic mass is 9.92. The highest BCUT2D eigenvalue weighted by atomic mass is 19.4. The Morgan fingerprint density at radius 1 is 1.00 bits per heavy atom. The Hall–Kier alpha value is -3.63. The van der Waals surface area contributed by atoms with E-state index in [0.717, 1.165) is 18.9 Å². The molecule has 2 saturated heterocycles. The van der Waals surface area contributed by atoms with Gasteiger partial charge in [0, 0.05) is 38.2 Å². The van der Waals surface area contributed by atoms with Crippen molar-refractivity contribution in [2.24, 2.45) is 11.8 Å². The molecule has 0 saturated carbocycles. The Balaban J connectivity index is 1.17. The van der Waals surface area contributed by atoms with Crippen LogP contribution in [0.15, 0.2) is 36.4 Å². The Labute approximate surface area is 211 Å². The second kappa shape index (κ2) is 10.0. The van der Waals surface area contributed by atoms with Crippen molar-refractivity contribution in [3.8, 4) is 5.75 Å². The first-order valence-corrected chi connectivity index (χ1v) is 12.3. The van der Waals surface area contributed by atoms with E-state index in [9.17, 15) is 22.8 Å². The maximum atomic E-state index is 13.5. The average Bonchev–Trinajstić information content (AvgIpc) is 3.48. The normalized spacial score (nSPS) is 20.1. The smallest absolute Gasteiger partial charge is 0.416 e. The lowest BCUT2D eigenvalue weighted by Crippen LogP contribution is -2.34. The molecule has 2 amide bonds. The number of nitrogens with one attached hydrogen (secondary N) is 1. The summed E-state index contributed by atoms with van der Waals surface area (Å²) in [6.07, 6.45) is -2.96. The fourth-order valence-electron chi connectivity index (χ4n) is 5.48. The number of carbonyl (C=O) groups excluding carboxylic acids is 2. The number of ether oxygens (including phenoxy) is 1. The van der Waals surface area contributed by atoms with Crippen molar-refractivity contribution in [3.63, 3.8) is 0 Å². The molecule has 11 heteroatoms. The Morgan fingerprint density at radius 3 is 2.38 bits per heavy atom. The minimum Gasteiger partial charge on any atom is -0.497 e. The van der Waals surface area contributed by atoms with Crippen LogP contribution in [0.3, 0.4) is 0 Å². The molecule has 2 aromatic carbocycles. The van der Waals surface area contributed by atoms with E-state index in [1.807, 2.05) is 4.90 Å². The van der Waals surface area contributed by atoms with Crippen LogP contribution in [0.2, 0.25) is 0 Å². The van der Waals surface area contributed by atoms with Gasteiger partial charge < -0.3 is 14.5 Å². The average molecular weight is 516 g/mol. The van der Waals surface area contributed by atoms with E-state index in [2.05, 4.69) is 15.4 Å². The SMILES string of the molecule is COc1ccc(CCC(=O)N2CCC3CN(C(=O)c4ccc5n[nH]nc5c4)CC3CC2)c(C(F)(F)F)c1. The van der Waals surface area contributed by atoms with E-state index >= 15 is 0 Å². The van der Waals surface area contributed by atoms with Crippen LogP contribution in [0, 0.1) is 11.8 Å². The lowest BCUT2D eigenvalue weighted by Gasteiger charge is -2.23. The fourth-order valence-corrected chi connectivity index (χ4v) is 5.48. The van der Waals surface area contributed by atoms with Gasteiger partial charge in [0.05, 0.1) is 12.7 Å². The van der Waals surface area contributed by atoms with Crippen LogP contribution in [-0.4, -0.2) is 70.3 Å². The van der Waals surface area contributed by atoms with Crippen molar-refractivity contribution >= 4 is 22.8 Å². The molecule has 37 heavy (non-hydrogen) atoms. The number of aryl methyl sites for hydroxylation is 1. The molecule has 1 aromatic heterocycles. The van der Waals surface area contributed by atoms with Gasteiger partial charge in [-0.05, 0) is 67.0 Å². The zero-order valence-corrected chi connectivity index (χ0v) is 20.4. The summed E-state index contributed by atoms with van der Waals surface area (Å²) in [5.41, 5.74) is 1.25. The lowest BCUT2D eigenvalue weighted by molar-refractivity contribution is -0.139. The molecule has 0 radical (unpaired) electrons. The summed E-state index contributed by atoms with van der Waals surface area (Å²) in [5, 5.41) is 10.6. The number of hydrogen-bond donors (Lipinski definition) is 1. The van der Waals surface area contributed by atoms with Crippen molar-refractivity contribution in [2.45, 2.75) is 31.9 Å². The molecule has 2 atom stereocenters. The van der Waals surface area contributed by atoms with Crippen LogP contribution < -0.4 is 4.74 Å². The van der Waals surface area contributed by atoms with E-state index in [0.29, 0.717) is 42.8 Å². The summed E-state index contributed by atoms with van der Waals surface area (Å²) in [6, 6.07) is 9.11. The molecule has 1 N–H and O–H groups in total. The van der Waals surface area contributed by atoms with E-state index in [4.69, 9.17) is 4.74 Å². The van der Waals surface area contributed by atoms with E-state index in [1.165, 1.54) is 19.2 Å². The molecule has 3 aromatic rings. The minimum atomic E-state index is -4.52. The van der Waals surface area contributed by atoms with Crippen LogP contribution in [0.1, 0.15) is 40.7 Å². The molecule has 0 spiro atoms. The second-order valence-corrected chi connectivity index (χ2v) is 9.74. The van der Waals surface area contributed by atoms with Gasteiger partial charge in [-0.3, -0.25) is 9.59 Å². The number of rotatable bonds is 5. The van der Waals surface area contributed by atoms with Gasteiger partial charge in [-0.2, -0.15) is 28.6 Å². The summed E-state index contributed by atoms with van der Waals surface area (Å²) in [7, 11) is 1.32. The Morgan fingerprint density at radius 2 is 1.70 bits per heavy atom. The standard InChI is InChI=1S/C26H28F3N5O3/c1-37-20-5-2-16(21(13-20)26(27,28)29)4-7-24(35)33-10-8-18-14-34(15-19(18)9-11-33)25(36)17-3-6-22-23(12-17)31-32-30-22/h2-3,5-6,12-13,18-19H,4,7-11,14-15H2,1H3,(H,30,31,32). The molecule has 0 bridgehead atoms. The number of methoxy groups -OCH3 is 1. The third kappa shape index (κ3) is 5.26. The zero-order chi connectivity index (χ0) is 26.2. The monoisotopic (exact) mass is 515 g/mol. The molecule has 0 aliphatic carbocycles. The number of carbonyl (C=O) groups is 2. The van der Waals surface area contributed by atoms with Gasteiger partial charge in [-0.15, -0.1) is 0 Å². The molecule has 2 aliphatic heterocycles. The number of benzene rings is 2. The maximum Gasteiger partial charge on any atom is 0.416 e. The molecule has 196 valence electrons. The molecule has 2 unspecified atom stereocenters. The number of aromatic amines is 1. The Bertz CT molecular complexity index is 1290. The number of amides is 2. The van der Waals surface area contributed by atoms with Crippen molar-refractivity contribution in [3.05, 3.63) is 53.1 Å². The molecular formula is C26H28F3N5O3. The molecule has 2 aliphatic rings. The topological polar surface area (TPSA) is 91.4 Å². The van der Waals surface area contributed by atoms with Gasteiger partial charge in [-0.25, -0.2) is 0 Å². The van der Waals surface area contributed by atoms with Crippen LogP contribution >= 0.6 is 0 Å². The van der Waals surface area contributed by atoms with Gasteiger partial charge in [0.25, 0.3) is 5.91 Å². The van der Waals surface area contributed by atoms with Crippen molar-refractivity contribution in [1.82, 2.24) is 25.2 Å². The third-order valence-electron chi connectivity index (χ3n) is 7.55. The largest absolute Gasteiger partial charge is 0.497 e. The maximum absolute atomic E-state index is 13.5. The summed E-state index contributed by atoms with van der Waals surface area (Å²) in [5.74, 6) is 0.531. The number of aromatic nitrogens is 3. The van der Waals surface area contributed by atoms with Gasteiger partial charge in [0.2, 0.25) is 5.91 Å². The number of likely N-dealkylation sites (tertiary alicyclic amines) is 2. The fraction of sp³-hybridized carbons (Fsp3) is 0.462. The molecule has 2 fully saturated rings. The van der Waals surface area contributed by atoms with Gasteiger partial charge in [-0.1, -0.05) is 6.07 Å². The highest BCUT2D eigenvalue weighted by Crippen LogP contribution is 2.36. The number of nitrogens with zero attached hydrogens (tertiary/aromatic N) is 4. The second-order valence-electron chi connectivity index (χ2n) is 9.74. The summed E-state index contributed by atoms with van der Waals surface area (Å²) in [6.45, 7) is 2.34. The molecule has 8 nitrogen and oxygen atoms in total. The van der Waals surface area contributed by atoms with Crippen molar-refractivity contribution in [2.75, 3.05) is 33.3 Å². The first-order chi connectivity index (χ1) is 17.7. The summed E-state index contributed by atoms with van der Waals surface area (Å²) >= 11 is 0. The molecular weight excluding hydrogens is 487 g/mol. The summed E-state index contributed by atoms with van der Waals surface area (Å²) < 4.78 is 45.4. The molecule has 3 heterocycles. The Kier molecular flexibility index (Phi) is 6.78. The zero-order valence-electron chi connectivity index (χ0n) is 20.4. The number of halogens is 3. The van der Waals surface area contributed by atoms with Gasteiger partial charge in [0.15, 0.2) is 0 Å². The predicted molar refractivity (Wildman–Crippen MR) is 129 cm³/mol. The summed E-state index contributed by atoms with van der Waals surface area (Å²) in [4.78, 5) is 29.6. The number of alkyl halides is 3. The highest BCUT2D eigenvalue weighted by molar-refractivity contribution is 5.97. The number of fused-ring (bicyclic) bond motifs is 2. The predicted octanol–water partition coefficient (Wildman–Crippen LogP) is 3.93. The number of H-pyrrole nitrogens is 1. The third-order valence-corrected chi connectivity index (χ3v) is 7.55. The highest BCUT2D eigenvalue weighted by Gasteiger charge is 2.38. The first kappa shape index (κ1) is 25.0. The van der Waals surface area contributed by atoms with Crippen LogP contribution in [0.4, 0.5) is 13.2 Å². The number of hydrogen-bond acceptors (Lipinski definition) is 5. The van der Waals surface area contributed by atoms with E-state index in [1.54, 1.807) is 23.1 Å². The quantitative estimate of drug-likeness (QED) is 0.556. The van der Waals surface area contributed by atoms with Crippen molar-refractivity contribution < 1.29 is 27.5 Å². The van der Waals surface area contributed by atoms with E-state index < -0.39 is 11.7 Å². The van der Waals surface area contributed by atoms with Gasteiger partial charge in [0.1, 0.15) is 16.8 Å². The first-order valence-electron chi connectivity index (χ1n) is 12.3. The minimum absolute atomic E-state index is 0.0131. The van der Waals surface area contributed by atoms with Crippen LogP contribution in [0.5, 0.6) is 5.75 Å². The molecule has 5 rings (SSSR count). The van der Waals surface area contributed by atoms with Crippen LogP contribution in [0.25, 0.3) is 11.0 Å². The van der Waals surface area contributed by atoms with E-state index in [-0.39, 0.29) is 47.8 Å².